The number of rotatable bonds is 5. The number of cyclic esters (lactones) is 2. The minimum Gasteiger partial charge on any atom is -0.386 e. The van der Waals surface area contributed by atoms with Gasteiger partial charge in [-0.2, -0.15) is 17.7 Å². The van der Waals surface area contributed by atoms with E-state index in [1.165, 1.54) is 17.4 Å². The number of aryl methyl sites for hydroxylation is 1. The van der Waals surface area contributed by atoms with Crippen molar-refractivity contribution in [2.75, 3.05) is 19.0 Å². The molecule has 0 N–H and O–H groups in total. The zero-order chi connectivity index (χ0) is 23.8. The monoisotopic (exact) mass is 650 g/mol. The Labute approximate surface area is 221 Å². The van der Waals surface area contributed by atoms with Crippen LogP contribution < -0.4 is 4.90 Å². The summed E-state index contributed by atoms with van der Waals surface area (Å²) in [5.41, 5.74) is 6.24. The fraction of sp³-hybridized carbons (Fsp3) is 0.111. The van der Waals surface area contributed by atoms with E-state index >= 15 is 0 Å². The molecule has 1 aliphatic heterocycles. The van der Waals surface area contributed by atoms with E-state index in [0.717, 1.165) is 37.8 Å². The van der Waals surface area contributed by atoms with E-state index < -0.39 is 11.9 Å². The maximum atomic E-state index is 12.1. The molecule has 0 atom stereocenters. The summed E-state index contributed by atoms with van der Waals surface area (Å²) in [5.74, 6) is -1.30. The van der Waals surface area contributed by atoms with Gasteiger partial charge in [-0.25, -0.2) is 9.59 Å². The van der Waals surface area contributed by atoms with Gasteiger partial charge in [-0.05, 0) is 47.5 Å². The first-order valence-electron chi connectivity index (χ1n) is 10.6. The largest absolute Gasteiger partial charge is 0.386 e. The number of thiazole rings is 1. The van der Waals surface area contributed by atoms with Gasteiger partial charge >= 0.3 is 11.9 Å². The average Bonchev–Trinajstić information content (AvgIpc) is 3.40. The second-order valence-electron chi connectivity index (χ2n) is 8.12. The molecule has 6 nitrogen and oxygen atoms in total. The molecule has 174 valence electrons. The average molecular weight is 650 g/mol. The summed E-state index contributed by atoms with van der Waals surface area (Å²) < 4.78 is 5.49. The molecule has 35 heavy (non-hydrogen) atoms. The molecule has 0 aliphatic carbocycles. The topological polar surface area (TPSA) is 71.9 Å². The Bertz CT molecular complexity index is 1490. The molecule has 0 spiro atoms. The maximum absolute atomic E-state index is 12.1. The van der Waals surface area contributed by atoms with E-state index in [4.69, 9.17) is 4.98 Å². The Morgan fingerprint density at radius 1 is 1.06 bits per heavy atom. The Morgan fingerprint density at radius 2 is 1.77 bits per heavy atom. The van der Waals surface area contributed by atoms with Gasteiger partial charge in [0.15, 0.2) is 0 Å². The van der Waals surface area contributed by atoms with Gasteiger partial charge in [0.05, 0.1) is 11.3 Å². The summed E-state index contributed by atoms with van der Waals surface area (Å²) in [6.07, 6.45) is 3.06. The molecule has 1 aliphatic rings. The summed E-state index contributed by atoms with van der Waals surface area (Å²) >= 11 is 1.49. The van der Waals surface area contributed by atoms with Crippen molar-refractivity contribution in [2.45, 2.75) is 6.92 Å². The molecule has 0 saturated heterocycles. The van der Waals surface area contributed by atoms with E-state index in [2.05, 4.69) is 32.8 Å². The van der Waals surface area contributed by atoms with Gasteiger partial charge in [0.2, 0.25) is 0 Å². The number of aromatic nitrogens is 1. The Hall–Kier alpha value is -3.41. The molecule has 4 aromatic rings. The summed E-state index contributed by atoms with van der Waals surface area (Å²) in [7, 11) is 4.02. The minimum atomic E-state index is -0.654. The van der Waals surface area contributed by atoms with Crippen molar-refractivity contribution in [2.24, 2.45) is 4.99 Å². The van der Waals surface area contributed by atoms with Crippen LogP contribution >= 0.6 is 11.3 Å². The number of carbonyl (C=O) groups excluding carboxylic acids is 2. The van der Waals surface area contributed by atoms with Crippen molar-refractivity contribution >= 4 is 56.7 Å². The number of nitrogens with zero attached hydrogens (tertiary/aromatic N) is 3. The molecular formula is C27H20N3O3SW-. The number of aliphatic imine (C=N–C) groups is 1. The van der Waals surface area contributed by atoms with E-state index in [1.54, 1.807) is 6.07 Å². The number of benzene rings is 3. The van der Waals surface area contributed by atoms with Gasteiger partial charge in [-0.1, -0.05) is 29.3 Å². The number of anilines is 1. The van der Waals surface area contributed by atoms with Crippen LogP contribution in [0.1, 0.15) is 16.7 Å². The van der Waals surface area contributed by atoms with Gasteiger partial charge in [0, 0.05) is 58.7 Å². The van der Waals surface area contributed by atoms with E-state index in [1.807, 2.05) is 63.6 Å². The van der Waals surface area contributed by atoms with Crippen molar-refractivity contribution in [3.63, 3.8) is 0 Å². The van der Waals surface area contributed by atoms with Crippen LogP contribution in [0.3, 0.4) is 0 Å². The molecule has 0 amide bonds. The molecule has 1 aromatic heterocycles. The summed E-state index contributed by atoms with van der Waals surface area (Å²) in [4.78, 5) is 35.0. The molecule has 8 heteroatoms. The molecule has 0 bridgehead atoms. The predicted octanol–water partition coefficient (Wildman–Crippen LogP) is 5.35. The van der Waals surface area contributed by atoms with Crippen molar-refractivity contribution < 1.29 is 35.4 Å². The van der Waals surface area contributed by atoms with Gasteiger partial charge in [0.25, 0.3) is 0 Å². The van der Waals surface area contributed by atoms with Crippen molar-refractivity contribution in [3.8, 4) is 10.6 Å². The Balaban J connectivity index is 0.00000289. The third-order valence-corrected chi connectivity index (χ3v) is 6.43. The predicted molar refractivity (Wildman–Crippen MR) is 136 cm³/mol. The number of esters is 2. The molecule has 0 unspecified atom stereocenters. The van der Waals surface area contributed by atoms with Crippen LogP contribution in [0, 0.1) is 13.0 Å². The quantitative estimate of drug-likeness (QED) is 0.126. The zero-order valence-electron chi connectivity index (χ0n) is 19.2. The summed E-state index contributed by atoms with van der Waals surface area (Å²) in [5, 5.41) is 0.797. The Kier molecular flexibility index (Phi) is 7.10. The summed E-state index contributed by atoms with van der Waals surface area (Å²) in [6, 6.07) is 21.1. The van der Waals surface area contributed by atoms with Gasteiger partial charge in [0.1, 0.15) is 5.01 Å². The standard InChI is InChI=1S/C27H20N3O3S.W/c1-16-12-21(22-14-24(31)33-27(22)32)25-23(13-16)34-26(29-25)18-6-8-19(9-7-18)28-15-17-4-10-20(11-5-17)30(2)3;/h4-12,14-15H,1-3H3;/q-1;. The molecule has 0 radical (unpaired) electrons. The van der Waals surface area contributed by atoms with E-state index in [0.29, 0.717) is 11.1 Å². The number of hydrogen-bond donors (Lipinski definition) is 0. The smallest absolute Gasteiger partial charge is 0.344 e. The van der Waals surface area contributed by atoms with Gasteiger partial charge in [-0.3, -0.25) is 4.99 Å². The normalized spacial score (nSPS) is 13.2. The Morgan fingerprint density at radius 3 is 2.40 bits per heavy atom. The second-order valence-corrected chi connectivity index (χ2v) is 9.12. The van der Waals surface area contributed by atoms with E-state index in [-0.39, 0.29) is 26.6 Å². The number of fused-ring (bicyclic) bond motifs is 1. The van der Waals surface area contributed by atoms with Crippen LogP contribution in [-0.2, 0) is 35.4 Å². The molecule has 5 rings (SSSR count). The van der Waals surface area contributed by atoms with Crippen molar-refractivity contribution in [1.82, 2.24) is 4.98 Å². The maximum Gasteiger partial charge on any atom is 0.344 e. The SMILES string of the molecule is Cc1[c-]c2sc(-c3ccc(N=Cc4ccc(N(C)C)cc4)cc3)nc2c(C2=CC(=O)OC2=O)c1.[W]. The van der Waals surface area contributed by atoms with Crippen LogP contribution in [0.25, 0.3) is 26.4 Å². The molecule has 2 heterocycles. The number of carbonyl (C=O) groups is 2. The first kappa shape index (κ1) is 24.7. The summed E-state index contributed by atoms with van der Waals surface area (Å²) in [6.45, 7) is 1.89. The van der Waals surface area contributed by atoms with Crippen LogP contribution in [0.5, 0.6) is 0 Å². The number of ether oxygens (including phenoxy) is 1. The van der Waals surface area contributed by atoms with Crippen LogP contribution in [0.15, 0.2) is 65.7 Å². The third kappa shape index (κ3) is 5.16. The van der Waals surface area contributed by atoms with Crippen molar-refractivity contribution in [1.29, 1.82) is 0 Å². The van der Waals surface area contributed by atoms with Crippen LogP contribution in [0.2, 0.25) is 0 Å². The van der Waals surface area contributed by atoms with Gasteiger partial charge in [-0.15, -0.1) is 11.3 Å². The fourth-order valence-corrected chi connectivity index (χ4v) is 4.70. The van der Waals surface area contributed by atoms with Crippen LogP contribution in [0.4, 0.5) is 11.4 Å². The first-order valence-corrected chi connectivity index (χ1v) is 11.4. The van der Waals surface area contributed by atoms with Gasteiger partial charge < -0.3 is 14.6 Å². The molecule has 0 saturated carbocycles. The third-order valence-electron chi connectivity index (χ3n) is 5.41. The minimum absolute atomic E-state index is 0. The molecule has 0 fully saturated rings. The van der Waals surface area contributed by atoms with Crippen LogP contribution in [-0.4, -0.2) is 37.2 Å². The van der Waals surface area contributed by atoms with E-state index in [9.17, 15) is 9.59 Å². The zero-order valence-corrected chi connectivity index (χ0v) is 23.0. The van der Waals surface area contributed by atoms with Crippen molar-refractivity contribution in [3.05, 3.63) is 83.4 Å². The fourth-order valence-electron chi connectivity index (χ4n) is 3.65. The molecule has 3 aromatic carbocycles. The first-order chi connectivity index (χ1) is 16.4. The number of hydrogen-bond acceptors (Lipinski definition) is 7. The second kappa shape index (κ2) is 10.1. The molecular weight excluding hydrogens is 630 g/mol.